The predicted molar refractivity (Wildman–Crippen MR) is 56.3 cm³/mol. The standard InChI is InChI=1S/C10H20S/c1-3-4-5-6-7-8-9-10(2)11/h8-11H,3-7H2,1-2H3/b9-8-. The molecule has 1 unspecified atom stereocenters. The van der Waals surface area contributed by atoms with Gasteiger partial charge in [0, 0.05) is 5.25 Å². The summed E-state index contributed by atoms with van der Waals surface area (Å²) < 4.78 is 0. The molecule has 0 N–H and O–H groups in total. The van der Waals surface area contributed by atoms with Gasteiger partial charge in [0.25, 0.3) is 0 Å². The number of unbranched alkanes of at least 4 members (excludes halogenated alkanes) is 4. The maximum Gasteiger partial charge on any atom is 0.0168 e. The minimum absolute atomic E-state index is 0.418. The van der Waals surface area contributed by atoms with Crippen LogP contribution in [0.4, 0.5) is 0 Å². The minimum atomic E-state index is 0.418. The van der Waals surface area contributed by atoms with E-state index in [0.29, 0.717) is 5.25 Å². The van der Waals surface area contributed by atoms with Crippen molar-refractivity contribution in [1.29, 1.82) is 0 Å². The van der Waals surface area contributed by atoms with E-state index < -0.39 is 0 Å². The zero-order valence-corrected chi connectivity index (χ0v) is 8.61. The van der Waals surface area contributed by atoms with Crippen molar-refractivity contribution in [1.82, 2.24) is 0 Å². The van der Waals surface area contributed by atoms with Gasteiger partial charge >= 0.3 is 0 Å². The molecule has 0 aliphatic carbocycles. The second-order valence-electron chi connectivity index (χ2n) is 3.02. The Kier molecular flexibility index (Phi) is 8.26. The molecule has 0 nitrogen and oxygen atoms in total. The van der Waals surface area contributed by atoms with Crippen molar-refractivity contribution in [3.05, 3.63) is 12.2 Å². The third kappa shape index (κ3) is 10.1. The summed E-state index contributed by atoms with van der Waals surface area (Å²) in [5, 5.41) is 0.418. The Labute approximate surface area is 76.5 Å². The fourth-order valence-electron chi connectivity index (χ4n) is 0.982. The monoisotopic (exact) mass is 172 g/mol. The Morgan fingerprint density at radius 2 is 2.00 bits per heavy atom. The highest BCUT2D eigenvalue weighted by atomic mass is 32.1. The van der Waals surface area contributed by atoms with Gasteiger partial charge in [-0.3, -0.25) is 0 Å². The fraction of sp³-hybridized carbons (Fsp3) is 0.800. The first kappa shape index (κ1) is 11.1. The maximum absolute atomic E-state index is 4.25. The molecular weight excluding hydrogens is 152 g/mol. The van der Waals surface area contributed by atoms with Gasteiger partial charge in [0.1, 0.15) is 0 Å². The van der Waals surface area contributed by atoms with Gasteiger partial charge in [-0.05, 0) is 12.8 Å². The molecule has 0 aliphatic rings. The second kappa shape index (κ2) is 8.19. The predicted octanol–water partition coefficient (Wildman–Crippen LogP) is 3.83. The van der Waals surface area contributed by atoms with Crippen molar-refractivity contribution < 1.29 is 0 Å². The molecule has 0 radical (unpaired) electrons. The summed E-state index contributed by atoms with van der Waals surface area (Å²) in [5.41, 5.74) is 0. The fourth-order valence-corrected chi connectivity index (χ4v) is 1.10. The Hall–Kier alpha value is 0.0900. The van der Waals surface area contributed by atoms with Crippen LogP contribution in [0.2, 0.25) is 0 Å². The van der Waals surface area contributed by atoms with Crippen LogP contribution >= 0.6 is 12.6 Å². The van der Waals surface area contributed by atoms with E-state index in [2.05, 4.69) is 38.6 Å². The van der Waals surface area contributed by atoms with E-state index >= 15 is 0 Å². The first-order valence-corrected chi connectivity index (χ1v) is 5.13. The molecule has 0 fully saturated rings. The average Bonchev–Trinajstić information content (AvgIpc) is 1.96. The zero-order valence-electron chi connectivity index (χ0n) is 7.71. The highest BCUT2D eigenvalue weighted by Gasteiger charge is 1.86. The van der Waals surface area contributed by atoms with Crippen LogP contribution in [0, 0.1) is 0 Å². The second-order valence-corrected chi connectivity index (χ2v) is 3.83. The lowest BCUT2D eigenvalue weighted by atomic mass is 10.1. The smallest absolute Gasteiger partial charge is 0.0168 e. The molecule has 0 saturated heterocycles. The topological polar surface area (TPSA) is 0 Å². The number of hydrogen-bond donors (Lipinski definition) is 1. The maximum atomic E-state index is 4.25. The molecule has 11 heavy (non-hydrogen) atoms. The first-order valence-electron chi connectivity index (χ1n) is 4.62. The van der Waals surface area contributed by atoms with E-state index in [0.717, 1.165) is 0 Å². The number of allylic oxidation sites excluding steroid dienone is 1. The first-order chi connectivity index (χ1) is 5.27. The largest absolute Gasteiger partial charge is 0.172 e. The highest BCUT2D eigenvalue weighted by molar-refractivity contribution is 7.81. The number of thiol groups is 1. The molecular formula is C10H20S. The van der Waals surface area contributed by atoms with Crippen molar-refractivity contribution >= 4 is 12.6 Å². The lowest BCUT2D eigenvalue weighted by molar-refractivity contribution is 0.674. The molecule has 0 saturated carbocycles. The van der Waals surface area contributed by atoms with E-state index in [-0.39, 0.29) is 0 Å². The van der Waals surface area contributed by atoms with Gasteiger partial charge in [0.2, 0.25) is 0 Å². The van der Waals surface area contributed by atoms with Gasteiger partial charge in [0.05, 0.1) is 0 Å². The van der Waals surface area contributed by atoms with Crippen LogP contribution in [0.1, 0.15) is 46.0 Å². The molecule has 0 spiro atoms. The molecule has 0 rings (SSSR count). The molecule has 0 amide bonds. The van der Waals surface area contributed by atoms with E-state index in [9.17, 15) is 0 Å². The third-order valence-electron chi connectivity index (χ3n) is 1.64. The molecule has 0 heterocycles. The third-order valence-corrected chi connectivity index (χ3v) is 1.81. The van der Waals surface area contributed by atoms with Crippen LogP contribution in [0.3, 0.4) is 0 Å². The van der Waals surface area contributed by atoms with E-state index in [1.807, 2.05) is 0 Å². The molecule has 0 aromatic rings. The zero-order chi connectivity index (χ0) is 8.53. The molecule has 1 atom stereocenters. The SMILES string of the molecule is CCCCCC/C=C\C(C)S. The van der Waals surface area contributed by atoms with Crippen LogP contribution in [0.25, 0.3) is 0 Å². The lowest BCUT2D eigenvalue weighted by Crippen LogP contribution is -1.81. The van der Waals surface area contributed by atoms with Gasteiger partial charge in [0.15, 0.2) is 0 Å². The van der Waals surface area contributed by atoms with Crippen LogP contribution in [0.5, 0.6) is 0 Å². The Morgan fingerprint density at radius 3 is 2.55 bits per heavy atom. The summed E-state index contributed by atoms with van der Waals surface area (Å²) in [4.78, 5) is 0. The van der Waals surface area contributed by atoms with Gasteiger partial charge in [-0.1, -0.05) is 45.3 Å². The number of hydrogen-bond acceptors (Lipinski definition) is 1. The summed E-state index contributed by atoms with van der Waals surface area (Å²) >= 11 is 4.25. The molecule has 0 bridgehead atoms. The van der Waals surface area contributed by atoms with Crippen LogP contribution < -0.4 is 0 Å². The van der Waals surface area contributed by atoms with Crippen molar-refractivity contribution in [2.24, 2.45) is 0 Å². The molecule has 0 aliphatic heterocycles. The minimum Gasteiger partial charge on any atom is -0.172 e. The highest BCUT2D eigenvalue weighted by Crippen LogP contribution is 2.04. The lowest BCUT2D eigenvalue weighted by Gasteiger charge is -1.95. The van der Waals surface area contributed by atoms with Gasteiger partial charge in [-0.15, -0.1) is 0 Å². The Bertz CT molecular complexity index is 95.0. The van der Waals surface area contributed by atoms with Gasteiger partial charge in [-0.25, -0.2) is 0 Å². The molecule has 0 aromatic carbocycles. The van der Waals surface area contributed by atoms with E-state index in [1.54, 1.807) is 0 Å². The van der Waals surface area contributed by atoms with Crippen molar-refractivity contribution in [2.75, 3.05) is 0 Å². The average molecular weight is 172 g/mol. The van der Waals surface area contributed by atoms with Crippen LogP contribution in [0.15, 0.2) is 12.2 Å². The molecule has 66 valence electrons. The Balaban J connectivity index is 3.01. The molecule has 0 aromatic heterocycles. The van der Waals surface area contributed by atoms with Crippen molar-refractivity contribution in [3.8, 4) is 0 Å². The summed E-state index contributed by atoms with van der Waals surface area (Å²) in [6, 6.07) is 0. The number of rotatable bonds is 6. The summed E-state index contributed by atoms with van der Waals surface area (Å²) in [7, 11) is 0. The summed E-state index contributed by atoms with van der Waals surface area (Å²) in [5.74, 6) is 0. The van der Waals surface area contributed by atoms with E-state index in [4.69, 9.17) is 0 Å². The van der Waals surface area contributed by atoms with Crippen LogP contribution in [-0.2, 0) is 0 Å². The van der Waals surface area contributed by atoms with Crippen LogP contribution in [-0.4, -0.2) is 5.25 Å². The van der Waals surface area contributed by atoms with Gasteiger partial charge in [-0.2, -0.15) is 12.6 Å². The van der Waals surface area contributed by atoms with Crippen molar-refractivity contribution in [3.63, 3.8) is 0 Å². The van der Waals surface area contributed by atoms with E-state index in [1.165, 1.54) is 32.1 Å². The molecule has 1 heteroatoms. The van der Waals surface area contributed by atoms with Gasteiger partial charge < -0.3 is 0 Å². The normalized spacial score (nSPS) is 14.1. The summed E-state index contributed by atoms with van der Waals surface area (Å²) in [6.07, 6.45) is 11.1. The summed E-state index contributed by atoms with van der Waals surface area (Å²) in [6.45, 7) is 4.33. The Morgan fingerprint density at radius 1 is 1.27 bits per heavy atom. The quantitative estimate of drug-likeness (QED) is 0.351. The van der Waals surface area contributed by atoms with Crippen molar-refractivity contribution in [2.45, 2.75) is 51.2 Å².